The average molecular weight is 529 g/mol. The molecular formula is C23H23F3N2O5S2. The van der Waals surface area contributed by atoms with Crippen molar-refractivity contribution < 1.29 is 35.6 Å². The van der Waals surface area contributed by atoms with Gasteiger partial charge in [-0.05, 0) is 44.9 Å². The van der Waals surface area contributed by atoms with E-state index < -0.39 is 44.5 Å². The summed E-state index contributed by atoms with van der Waals surface area (Å²) in [6.07, 6.45) is -4.54. The van der Waals surface area contributed by atoms with Gasteiger partial charge in [0.2, 0.25) is 5.76 Å². The molecule has 0 spiro atoms. The molecule has 4 rings (SSSR count). The summed E-state index contributed by atoms with van der Waals surface area (Å²) in [6, 6.07) is 12.3. The predicted octanol–water partition coefficient (Wildman–Crippen LogP) is 5.14. The SMILES string of the molecule is CC(C)(C)OC(=O)C1(NS(=O)(=O)c2ccc(-c3cc(C(F)(F)F)on3)s2)CC1(C)c1ccccc1. The van der Waals surface area contributed by atoms with Gasteiger partial charge in [-0.2, -0.15) is 17.9 Å². The number of carbonyl (C=O) groups is 1. The highest BCUT2D eigenvalue weighted by atomic mass is 32.2. The van der Waals surface area contributed by atoms with Crippen molar-refractivity contribution in [1.29, 1.82) is 0 Å². The fourth-order valence-electron chi connectivity index (χ4n) is 3.90. The summed E-state index contributed by atoms with van der Waals surface area (Å²) in [6.45, 7) is 6.85. The lowest BCUT2D eigenvalue weighted by molar-refractivity contribution is -0.159. The Bertz CT molecular complexity index is 1360. The van der Waals surface area contributed by atoms with E-state index in [9.17, 15) is 26.4 Å². The molecule has 0 bridgehead atoms. The van der Waals surface area contributed by atoms with Gasteiger partial charge >= 0.3 is 12.1 Å². The Morgan fingerprint density at radius 1 is 1.14 bits per heavy atom. The molecule has 1 fully saturated rings. The van der Waals surface area contributed by atoms with E-state index in [2.05, 4.69) is 14.4 Å². The lowest BCUT2D eigenvalue weighted by Gasteiger charge is -2.27. The number of ether oxygens (including phenoxy) is 1. The molecule has 1 saturated carbocycles. The summed E-state index contributed by atoms with van der Waals surface area (Å²) in [5.41, 5.74) is -2.65. The van der Waals surface area contributed by atoms with E-state index in [4.69, 9.17) is 4.74 Å². The Kier molecular flexibility index (Phi) is 5.93. The van der Waals surface area contributed by atoms with Crippen LogP contribution in [0, 0.1) is 0 Å². The predicted molar refractivity (Wildman–Crippen MR) is 122 cm³/mol. The van der Waals surface area contributed by atoms with Crippen LogP contribution in [0.25, 0.3) is 10.6 Å². The van der Waals surface area contributed by atoms with Crippen molar-refractivity contribution in [1.82, 2.24) is 9.88 Å². The molecule has 12 heteroatoms. The molecule has 1 aromatic carbocycles. The molecule has 2 heterocycles. The minimum absolute atomic E-state index is 0.147. The van der Waals surface area contributed by atoms with Crippen LogP contribution in [0.2, 0.25) is 0 Å². The van der Waals surface area contributed by atoms with Crippen LogP contribution in [0.15, 0.2) is 57.3 Å². The molecule has 188 valence electrons. The zero-order valence-corrected chi connectivity index (χ0v) is 20.9. The van der Waals surface area contributed by atoms with Crippen LogP contribution in [-0.2, 0) is 31.1 Å². The van der Waals surface area contributed by atoms with Crippen molar-refractivity contribution in [2.24, 2.45) is 0 Å². The van der Waals surface area contributed by atoms with E-state index >= 15 is 0 Å². The third-order valence-electron chi connectivity index (χ3n) is 5.79. The van der Waals surface area contributed by atoms with Crippen molar-refractivity contribution in [2.75, 3.05) is 0 Å². The van der Waals surface area contributed by atoms with E-state index in [1.807, 2.05) is 18.2 Å². The molecule has 2 unspecified atom stereocenters. The van der Waals surface area contributed by atoms with Crippen LogP contribution >= 0.6 is 11.3 Å². The standard InChI is InChI=1S/C23H23F3N2O5S2/c1-20(2,3)32-19(29)22(13-21(22,4)14-8-6-5-7-9-14)28-35(30,31)18-11-10-16(34-18)15-12-17(33-27-15)23(24,25)26/h5-12,28H,13H2,1-4H3. The quantitative estimate of drug-likeness (QED) is 0.445. The summed E-state index contributed by atoms with van der Waals surface area (Å²) < 4.78 is 77.5. The van der Waals surface area contributed by atoms with Gasteiger partial charge < -0.3 is 9.26 Å². The summed E-state index contributed by atoms with van der Waals surface area (Å²) >= 11 is 0.714. The van der Waals surface area contributed by atoms with E-state index in [0.29, 0.717) is 17.4 Å². The first kappa shape index (κ1) is 25.4. The molecule has 0 radical (unpaired) electrons. The first-order valence-electron chi connectivity index (χ1n) is 10.5. The van der Waals surface area contributed by atoms with Crippen molar-refractivity contribution in [3.05, 3.63) is 59.9 Å². The number of thiophene rings is 1. The Hall–Kier alpha value is -2.70. The van der Waals surface area contributed by atoms with E-state index in [1.165, 1.54) is 12.1 Å². The van der Waals surface area contributed by atoms with Gasteiger partial charge in [-0.15, -0.1) is 11.3 Å². The molecule has 3 aromatic rings. The van der Waals surface area contributed by atoms with Crippen LogP contribution < -0.4 is 4.72 Å². The summed E-state index contributed by atoms with van der Waals surface area (Å²) in [4.78, 5) is 13.5. The van der Waals surface area contributed by atoms with Crippen LogP contribution in [-0.4, -0.2) is 30.7 Å². The highest BCUT2D eigenvalue weighted by molar-refractivity contribution is 7.91. The highest BCUT2D eigenvalue weighted by Gasteiger charge is 2.73. The molecule has 0 amide bonds. The Labute approximate surface area is 204 Å². The first-order chi connectivity index (χ1) is 16.1. The Morgan fingerprint density at radius 2 is 1.80 bits per heavy atom. The number of esters is 1. The van der Waals surface area contributed by atoms with Gasteiger partial charge in [0.15, 0.2) is 0 Å². The van der Waals surface area contributed by atoms with Crippen LogP contribution in [0.1, 0.15) is 45.4 Å². The highest BCUT2D eigenvalue weighted by Crippen LogP contribution is 2.59. The summed E-state index contributed by atoms with van der Waals surface area (Å²) in [5, 5.41) is 3.39. The summed E-state index contributed by atoms with van der Waals surface area (Å²) in [7, 11) is -4.26. The van der Waals surface area contributed by atoms with Crippen LogP contribution in [0.4, 0.5) is 13.2 Å². The van der Waals surface area contributed by atoms with Crippen LogP contribution in [0.5, 0.6) is 0 Å². The normalized spacial score (nSPS) is 22.7. The van der Waals surface area contributed by atoms with E-state index in [0.717, 1.165) is 5.56 Å². The zero-order chi connectivity index (χ0) is 25.9. The number of nitrogens with one attached hydrogen (secondary N) is 1. The maximum atomic E-state index is 13.4. The number of alkyl halides is 3. The lowest BCUT2D eigenvalue weighted by Crippen LogP contribution is -2.50. The number of benzene rings is 1. The van der Waals surface area contributed by atoms with Gasteiger partial charge in [-0.3, -0.25) is 0 Å². The average Bonchev–Trinajstić information content (AvgIpc) is 3.17. The topological polar surface area (TPSA) is 98.5 Å². The monoisotopic (exact) mass is 528 g/mol. The first-order valence-corrected chi connectivity index (χ1v) is 12.8. The van der Waals surface area contributed by atoms with Gasteiger partial charge in [0, 0.05) is 11.5 Å². The molecule has 7 nitrogen and oxygen atoms in total. The van der Waals surface area contributed by atoms with Gasteiger partial charge in [0.25, 0.3) is 10.0 Å². The fourth-order valence-corrected chi connectivity index (χ4v) is 6.61. The summed E-state index contributed by atoms with van der Waals surface area (Å²) in [5.74, 6) is -1.99. The second-order valence-electron chi connectivity index (χ2n) is 9.58. The molecule has 1 N–H and O–H groups in total. The minimum Gasteiger partial charge on any atom is -0.459 e. The van der Waals surface area contributed by atoms with Crippen molar-refractivity contribution in [3.63, 3.8) is 0 Å². The van der Waals surface area contributed by atoms with Gasteiger partial charge in [0.05, 0.1) is 4.88 Å². The van der Waals surface area contributed by atoms with Crippen LogP contribution in [0.3, 0.4) is 0 Å². The molecule has 2 aromatic heterocycles. The van der Waals surface area contributed by atoms with E-state index in [1.54, 1.807) is 39.8 Å². The molecule has 0 aliphatic heterocycles. The molecule has 1 aliphatic rings. The van der Waals surface area contributed by atoms with Crippen molar-refractivity contribution >= 4 is 27.3 Å². The maximum absolute atomic E-state index is 13.4. The molecule has 0 saturated heterocycles. The molecule has 35 heavy (non-hydrogen) atoms. The molecule has 1 aliphatic carbocycles. The Balaban J connectivity index is 1.67. The zero-order valence-electron chi connectivity index (χ0n) is 19.3. The number of halogens is 3. The molecular weight excluding hydrogens is 505 g/mol. The van der Waals surface area contributed by atoms with Crippen molar-refractivity contribution in [3.8, 4) is 10.6 Å². The largest absolute Gasteiger partial charge is 0.459 e. The second kappa shape index (κ2) is 8.17. The third-order valence-corrected chi connectivity index (χ3v) is 8.88. The number of nitrogens with zero attached hydrogens (tertiary/aromatic N) is 1. The number of hydrogen-bond donors (Lipinski definition) is 1. The number of sulfonamides is 1. The van der Waals surface area contributed by atoms with Gasteiger partial charge in [-0.1, -0.05) is 42.4 Å². The number of aromatic nitrogens is 1. The number of rotatable bonds is 6. The minimum atomic E-state index is -4.72. The smallest absolute Gasteiger partial charge is 0.452 e. The third kappa shape index (κ3) is 4.74. The molecule has 2 atom stereocenters. The second-order valence-corrected chi connectivity index (χ2v) is 12.6. The number of hydrogen-bond acceptors (Lipinski definition) is 7. The van der Waals surface area contributed by atoms with E-state index in [-0.39, 0.29) is 21.2 Å². The number of carbonyl (C=O) groups excluding carboxylic acids is 1. The van der Waals surface area contributed by atoms with Gasteiger partial charge in [-0.25, -0.2) is 13.2 Å². The van der Waals surface area contributed by atoms with Crippen molar-refractivity contribution in [2.45, 2.75) is 61.1 Å². The Morgan fingerprint density at radius 3 is 2.37 bits per heavy atom. The van der Waals surface area contributed by atoms with Gasteiger partial charge in [0.1, 0.15) is 21.0 Å². The lowest BCUT2D eigenvalue weighted by atomic mass is 9.93. The maximum Gasteiger partial charge on any atom is 0.452 e. The fraction of sp³-hybridized carbons (Fsp3) is 0.391.